The van der Waals surface area contributed by atoms with Gasteiger partial charge in [0.1, 0.15) is 17.3 Å². The molecule has 13 nitrogen and oxygen atoms in total. The minimum absolute atomic E-state index is 0.00552. The summed E-state index contributed by atoms with van der Waals surface area (Å²) in [6.07, 6.45) is 34.0. The van der Waals surface area contributed by atoms with Gasteiger partial charge in [0.05, 0.1) is 26.4 Å². The van der Waals surface area contributed by atoms with Gasteiger partial charge in [-0.25, -0.2) is 0 Å². The Kier molecular flexibility index (Phi) is 24.9. The van der Waals surface area contributed by atoms with E-state index in [2.05, 4.69) is 111 Å². The van der Waals surface area contributed by atoms with Crippen molar-refractivity contribution < 1.29 is 44.2 Å². The molecule has 0 radical (unpaired) electrons. The van der Waals surface area contributed by atoms with Gasteiger partial charge in [-0.05, 0) is 342 Å². The molecule has 2 aliphatic heterocycles. The van der Waals surface area contributed by atoms with Crippen molar-refractivity contribution in [3.63, 3.8) is 0 Å². The van der Waals surface area contributed by atoms with E-state index in [1.165, 1.54) is 152 Å². The van der Waals surface area contributed by atoms with E-state index in [4.69, 9.17) is 29.8 Å². The number of hydrogen-bond donors (Lipinski definition) is 8. The summed E-state index contributed by atoms with van der Waals surface area (Å²) in [4.78, 5) is 13.1. The number of carbonyl (C=O) groups excluding carboxylic acids is 1. The molecule has 2 heterocycles. The third kappa shape index (κ3) is 14.9. The number of aliphatic hydroxyl groups excluding tert-OH is 2. The highest BCUT2D eigenvalue weighted by Crippen LogP contribution is 2.80. The summed E-state index contributed by atoms with van der Waals surface area (Å²) in [5.41, 5.74) is 11.6. The van der Waals surface area contributed by atoms with E-state index in [-0.39, 0.29) is 58.3 Å². The van der Waals surface area contributed by atoms with E-state index in [0.29, 0.717) is 112 Å². The van der Waals surface area contributed by atoms with Crippen LogP contribution in [0.2, 0.25) is 0 Å². The number of aromatic hydroxyl groups is 2. The SMILES string of the molecule is C=C(CNCCO)[C@@H]1CC[C@]2(COC3CCCCO3)CC[C@]3(C)[C@H](CC[C@@H]4[C@@]5(C)CCC(=O)C(C)(C)[C@@H]5CC[C@]43C)[C@@H]12.CC(CNCCO)[C@@H]1CC[C@]2(COC3CCCCO3)CC[C@]3(C)[C@H](CC[C@@H]4[C@@]5(C)CCC(NCCc6ccc(O)cc6)C(C)(C)[C@@H]5CC[C@]43C)[C@@H]12.NCCc1ccc(O)cc1. The number of phenols is 2. The Hall–Kier alpha value is -2.95. The first-order chi connectivity index (χ1) is 49.1. The standard InChI is InChI=1S/C45H74N2O4.C37H61NO4.C8H11NO/c1-31(29-46-26-27-48)34-16-22-45(30-51-39-9-7-8-28-50-39)24-23-43(5)35(40(34)45)14-15-37-42(4)20-18-38(41(2,3)36(42)17-21-44(37,43)6)47-25-19-32-10-12-33(49)13-11-32;1-25(23-38-20-21-39)26-12-17-37(24-42-31-9-7-8-22-41-31)19-18-35(5)27(32(26)37)10-11-29-34(4)15-14-30(40)33(2,3)28(34)13-16-36(29,35)6;9-6-5-7-1-3-8(10)4-2-7/h10-13,31,34-40,46-49H,7-9,14-30H2,1-6H3;26-29,31-32,38-39H,1,7-24H2,2-6H3;1-4,10H,5-6,9H2/t31?,34-,35+,36-,37+,38?,39?,40+,42-,43+,44+,45+;26-,27+,28-,29+,31?,32+,34-,35+,36+,37+;/m00./s1. The topological polar surface area (TPSA) is 197 Å². The molecule has 9 N–H and O–H groups in total. The molecule has 14 rings (SSSR count). The number of hydrogen-bond acceptors (Lipinski definition) is 13. The Balaban J connectivity index is 0.000000173. The molecule has 22 atom stereocenters. The number of rotatable bonds is 22. The molecule has 2 aromatic rings. The number of aliphatic hydroxyl groups is 2. The third-order valence-electron chi connectivity index (χ3n) is 34.2. The van der Waals surface area contributed by atoms with Crippen molar-refractivity contribution in [1.29, 1.82) is 0 Å². The second kappa shape index (κ2) is 32.2. The van der Waals surface area contributed by atoms with Crippen molar-refractivity contribution in [3.8, 4) is 11.5 Å². The van der Waals surface area contributed by atoms with Crippen molar-refractivity contribution >= 4 is 5.78 Å². The molecule has 4 unspecified atom stereocenters. The van der Waals surface area contributed by atoms with Crippen molar-refractivity contribution in [3.05, 3.63) is 71.8 Å². The Morgan fingerprint density at radius 3 is 1.63 bits per heavy atom. The van der Waals surface area contributed by atoms with E-state index >= 15 is 0 Å². The monoisotopic (exact) mass is 1430 g/mol. The molecular formula is C90H146N4O9. The van der Waals surface area contributed by atoms with Crippen LogP contribution in [0.3, 0.4) is 0 Å². The van der Waals surface area contributed by atoms with Crippen LogP contribution in [0, 0.1) is 119 Å². The van der Waals surface area contributed by atoms with Crippen LogP contribution in [0.25, 0.3) is 0 Å². The van der Waals surface area contributed by atoms with E-state index in [1.807, 2.05) is 24.3 Å². The van der Waals surface area contributed by atoms with E-state index in [0.717, 1.165) is 109 Å². The second-order valence-electron chi connectivity index (χ2n) is 39.3. The van der Waals surface area contributed by atoms with Crippen LogP contribution in [0.4, 0.5) is 0 Å². The average molecular weight is 1430 g/mol. The number of Topliss-reactive ketones (excluding diaryl/α,β-unsaturated/α-hetero) is 1. The Morgan fingerprint density at radius 2 is 1.08 bits per heavy atom. The number of carbonyl (C=O) groups is 1. The largest absolute Gasteiger partial charge is 0.508 e. The number of phenolic OH excluding ortho intramolecular Hbond substituents is 2. The molecule has 0 amide bonds. The number of benzene rings is 2. The number of nitrogens with two attached hydrogens (primary N) is 1. The van der Waals surface area contributed by atoms with Crippen LogP contribution in [0.1, 0.15) is 254 Å². The molecule has 0 aromatic heterocycles. The summed E-state index contributed by atoms with van der Waals surface area (Å²) in [5.74, 6) is 8.42. The van der Waals surface area contributed by atoms with Gasteiger partial charge in [0.25, 0.3) is 0 Å². The van der Waals surface area contributed by atoms with Gasteiger partial charge in [-0.1, -0.05) is 113 Å². The van der Waals surface area contributed by atoms with Crippen molar-refractivity contribution in [2.45, 2.75) is 275 Å². The fourth-order valence-corrected chi connectivity index (χ4v) is 28.4. The van der Waals surface area contributed by atoms with Gasteiger partial charge in [-0.2, -0.15) is 0 Å². The summed E-state index contributed by atoms with van der Waals surface area (Å²) in [6.45, 7) is 41.8. The van der Waals surface area contributed by atoms with E-state index in [1.54, 1.807) is 12.1 Å². The number of ketones is 1. The van der Waals surface area contributed by atoms with Gasteiger partial charge in [0.2, 0.25) is 0 Å². The summed E-state index contributed by atoms with van der Waals surface area (Å²) in [7, 11) is 0. The van der Waals surface area contributed by atoms with Crippen molar-refractivity contribution in [1.82, 2.24) is 16.0 Å². The zero-order valence-electron chi connectivity index (χ0n) is 66.6. The third-order valence-corrected chi connectivity index (χ3v) is 34.2. The van der Waals surface area contributed by atoms with Crippen LogP contribution in [-0.4, -0.2) is 124 Å². The number of nitrogens with one attached hydrogen (secondary N) is 3. The molecule has 2 saturated heterocycles. The predicted octanol–water partition coefficient (Wildman–Crippen LogP) is 16.9. The first kappa shape index (κ1) is 79.6. The van der Waals surface area contributed by atoms with Gasteiger partial charge in [-0.3, -0.25) is 4.79 Å². The summed E-state index contributed by atoms with van der Waals surface area (Å²) < 4.78 is 25.7. The Morgan fingerprint density at radius 1 is 0.553 bits per heavy atom. The van der Waals surface area contributed by atoms with Gasteiger partial charge in [0, 0.05) is 50.7 Å². The lowest BCUT2D eigenvalue weighted by Crippen LogP contribution is -2.67. The second-order valence-corrected chi connectivity index (χ2v) is 39.3. The molecule has 13 heteroatoms. The highest BCUT2D eigenvalue weighted by molar-refractivity contribution is 5.85. The minimum atomic E-state index is -0.192. The van der Waals surface area contributed by atoms with E-state index in [9.17, 15) is 20.1 Å². The molecule has 580 valence electrons. The molecule has 12 aliphatic rings. The van der Waals surface area contributed by atoms with Crippen molar-refractivity contribution in [2.75, 3.05) is 78.9 Å². The molecule has 10 aliphatic carbocycles. The lowest BCUT2D eigenvalue weighted by Gasteiger charge is -2.73. The Bertz CT molecular complexity index is 3110. The maximum atomic E-state index is 13.1. The van der Waals surface area contributed by atoms with Gasteiger partial charge in [-0.15, -0.1) is 0 Å². The minimum Gasteiger partial charge on any atom is -0.508 e. The van der Waals surface area contributed by atoms with E-state index < -0.39 is 0 Å². The highest BCUT2D eigenvalue weighted by atomic mass is 16.7. The maximum Gasteiger partial charge on any atom is 0.157 e. The molecule has 12 fully saturated rings. The molecule has 0 bridgehead atoms. The smallest absolute Gasteiger partial charge is 0.157 e. The highest BCUT2D eigenvalue weighted by Gasteiger charge is 2.73. The number of ether oxygens (including phenoxy) is 4. The van der Waals surface area contributed by atoms with Gasteiger partial charge >= 0.3 is 0 Å². The van der Waals surface area contributed by atoms with Crippen molar-refractivity contribution in [2.24, 2.45) is 125 Å². The van der Waals surface area contributed by atoms with Crippen LogP contribution in [-0.2, 0) is 36.6 Å². The summed E-state index contributed by atoms with van der Waals surface area (Å²) >= 11 is 0. The fraction of sp³-hybridized carbons (Fsp3) is 0.833. The zero-order valence-corrected chi connectivity index (χ0v) is 66.6. The fourth-order valence-electron chi connectivity index (χ4n) is 28.4. The van der Waals surface area contributed by atoms with Crippen LogP contribution < -0.4 is 21.7 Å². The van der Waals surface area contributed by atoms with Crippen LogP contribution in [0.5, 0.6) is 11.5 Å². The first-order valence-corrected chi connectivity index (χ1v) is 42.4. The molecule has 0 spiro atoms. The molecule has 10 saturated carbocycles. The summed E-state index contributed by atoms with van der Waals surface area (Å²) in [6, 6.07) is 15.4. The van der Waals surface area contributed by atoms with Crippen LogP contribution >= 0.6 is 0 Å². The molecule has 2 aromatic carbocycles. The molecular weight excluding hydrogens is 1280 g/mol. The molecule has 103 heavy (non-hydrogen) atoms. The maximum absolute atomic E-state index is 13.1. The van der Waals surface area contributed by atoms with Gasteiger partial charge in [0.15, 0.2) is 12.6 Å². The lowest BCUT2D eigenvalue weighted by molar-refractivity contribution is -0.252. The lowest BCUT2D eigenvalue weighted by atomic mass is 9.32. The quantitative estimate of drug-likeness (QED) is 0.0410. The van der Waals surface area contributed by atoms with Crippen LogP contribution in [0.15, 0.2) is 60.7 Å². The zero-order chi connectivity index (χ0) is 73.4. The Labute approximate surface area is 624 Å². The predicted molar refractivity (Wildman–Crippen MR) is 415 cm³/mol. The van der Waals surface area contributed by atoms with Gasteiger partial charge < -0.3 is 61.1 Å². The first-order valence-electron chi connectivity index (χ1n) is 42.4. The average Bonchev–Trinajstić information content (AvgIpc) is 1.61. The number of fused-ring (bicyclic) bond motifs is 14. The normalized spacial score (nSPS) is 42.2. The summed E-state index contributed by atoms with van der Waals surface area (Å²) in [5, 5.41) is 48.7.